The van der Waals surface area contributed by atoms with E-state index in [2.05, 4.69) is 4.98 Å². The second-order valence-electron chi connectivity index (χ2n) is 2.83. The number of rotatable bonds is 2. The first kappa shape index (κ1) is 9.90. The fourth-order valence-electron chi connectivity index (χ4n) is 1.22. The Labute approximate surface area is 87.7 Å². The number of nitro groups is 1. The summed E-state index contributed by atoms with van der Waals surface area (Å²) in [4.78, 5) is 24.1. The summed E-state index contributed by atoms with van der Waals surface area (Å²) in [6.07, 6.45) is -1.35. The second-order valence-corrected chi connectivity index (χ2v) is 2.83. The molecule has 0 radical (unpaired) electrons. The van der Waals surface area contributed by atoms with Crippen LogP contribution in [0.4, 0.5) is 16.5 Å². The van der Waals surface area contributed by atoms with Crippen LogP contribution in [-0.2, 0) is 0 Å². The molecule has 1 amide bonds. The number of anilines is 1. The molecule has 2 N–H and O–H groups in total. The number of para-hydroxylation sites is 1. The van der Waals surface area contributed by atoms with Crippen LogP contribution in [0.25, 0.3) is 11.1 Å². The minimum Gasteiger partial charge on any atom is -0.465 e. The van der Waals surface area contributed by atoms with Gasteiger partial charge in [0.05, 0.1) is 4.92 Å². The zero-order chi connectivity index (χ0) is 11.7. The van der Waals surface area contributed by atoms with Gasteiger partial charge in [-0.05, 0) is 6.07 Å². The van der Waals surface area contributed by atoms with Gasteiger partial charge in [-0.1, -0.05) is 6.07 Å². The number of nitro benzene ring substituents is 1. The van der Waals surface area contributed by atoms with Crippen molar-refractivity contribution in [1.82, 2.24) is 4.98 Å². The normalized spacial score (nSPS) is 10.2. The van der Waals surface area contributed by atoms with Gasteiger partial charge in [-0.3, -0.25) is 10.1 Å². The first-order chi connectivity index (χ1) is 7.58. The zero-order valence-electron chi connectivity index (χ0n) is 7.71. The van der Waals surface area contributed by atoms with E-state index in [1.807, 2.05) is 5.32 Å². The van der Waals surface area contributed by atoms with Gasteiger partial charge in [0.25, 0.3) is 0 Å². The quantitative estimate of drug-likeness (QED) is 0.592. The van der Waals surface area contributed by atoms with Crippen LogP contribution in [0.5, 0.6) is 0 Å². The van der Waals surface area contributed by atoms with Gasteiger partial charge in [0.2, 0.25) is 5.58 Å². The summed E-state index contributed by atoms with van der Waals surface area (Å²) in [5.41, 5.74) is -0.0994. The molecule has 1 aromatic carbocycles. The summed E-state index contributed by atoms with van der Waals surface area (Å²) in [5.74, 6) is 0. The van der Waals surface area contributed by atoms with Gasteiger partial charge in [0.15, 0.2) is 0 Å². The smallest absolute Gasteiger partial charge is 0.412 e. The molecule has 0 bridgehead atoms. The number of carboxylic acid groups (broad SMARTS) is 1. The van der Waals surface area contributed by atoms with Gasteiger partial charge in [0, 0.05) is 6.07 Å². The molecule has 1 heterocycles. The molecule has 0 saturated heterocycles. The van der Waals surface area contributed by atoms with Gasteiger partial charge in [-0.15, -0.1) is 0 Å². The highest BCUT2D eigenvalue weighted by Gasteiger charge is 2.18. The van der Waals surface area contributed by atoms with Crippen molar-refractivity contribution in [1.29, 1.82) is 0 Å². The van der Waals surface area contributed by atoms with Crippen LogP contribution in [0.15, 0.2) is 22.6 Å². The number of amides is 1. The summed E-state index contributed by atoms with van der Waals surface area (Å²) in [6, 6.07) is 3.88. The highest BCUT2D eigenvalue weighted by molar-refractivity contribution is 5.86. The molecule has 0 fully saturated rings. The van der Waals surface area contributed by atoms with Crippen molar-refractivity contribution in [3.05, 3.63) is 28.3 Å². The highest BCUT2D eigenvalue weighted by atomic mass is 16.6. The Morgan fingerprint density at radius 3 is 2.94 bits per heavy atom. The van der Waals surface area contributed by atoms with Crippen molar-refractivity contribution in [2.24, 2.45) is 0 Å². The third-order valence-electron chi connectivity index (χ3n) is 1.80. The number of carbonyl (C=O) groups is 1. The minimum atomic E-state index is -1.35. The molecule has 1 aromatic heterocycles. The van der Waals surface area contributed by atoms with Crippen molar-refractivity contribution in [2.75, 3.05) is 5.32 Å². The van der Waals surface area contributed by atoms with Crippen LogP contribution < -0.4 is 5.32 Å². The number of fused-ring (bicyclic) bond motifs is 1. The first-order valence-corrected chi connectivity index (χ1v) is 4.12. The Morgan fingerprint density at radius 2 is 2.31 bits per heavy atom. The molecule has 8 nitrogen and oxygen atoms in total. The summed E-state index contributed by atoms with van der Waals surface area (Å²) in [5, 5.41) is 20.9. The SMILES string of the molecule is O=C(O)Nc1nc2cccc([N+](=O)[O-])c2o1. The molecule has 0 spiro atoms. The van der Waals surface area contributed by atoms with Crippen LogP contribution in [0.2, 0.25) is 0 Å². The van der Waals surface area contributed by atoms with E-state index in [1.165, 1.54) is 18.2 Å². The average molecular weight is 223 g/mol. The number of hydrogen-bond acceptors (Lipinski definition) is 5. The van der Waals surface area contributed by atoms with E-state index in [4.69, 9.17) is 9.52 Å². The topological polar surface area (TPSA) is 119 Å². The fraction of sp³-hybridized carbons (Fsp3) is 0. The molecule has 16 heavy (non-hydrogen) atoms. The van der Waals surface area contributed by atoms with E-state index in [0.29, 0.717) is 0 Å². The standard InChI is InChI=1S/C8H5N3O5/c12-8(13)10-7-9-4-2-1-3-5(11(14)15)6(4)16-7/h1-3H,(H,9,10)(H,12,13). The molecule has 0 aliphatic carbocycles. The van der Waals surface area contributed by atoms with Crippen molar-refractivity contribution >= 4 is 28.9 Å². The maximum atomic E-state index is 10.6. The van der Waals surface area contributed by atoms with Gasteiger partial charge in [-0.25, -0.2) is 10.1 Å². The van der Waals surface area contributed by atoms with E-state index in [9.17, 15) is 14.9 Å². The number of non-ortho nitro benzene ring substituents is 1. The Morgan fingerprint density at radius 1 is 1.56 bits per heavy atom. The van der Waals surface area contributed by atoms with E-state index in [0.717, 1.165) is 0 Å². The Kier molecular flexibility index (Phi) is 2.16. The Bertz CT molecular complexity index is 576. The monoisotopic (exact) mass is 223 g/mol. The third kappa shape index (κ3) is 1.63. The lowest BCUT2D eigenvalue weighted by atomic mass is 10.3. The summed E-state index contributed by atoms with van der Waals surface area (Å²) in [7, 11) is 0. The lowest BCUT2D eigenvalue weighted by Crippen LogP contribution is -2.06. The van der Waals surface area contributed by atoms with Crippen LogP contribution in [0.3, 0.4) is 0 Å². The largest absolute Gasteiger partial charge is 0.465 e. The molecule has 0 saturated carbocycles. The van der Waals surface area contributed by atoms with Crippen LogP contribution in [-0.4, -0.2) is 21.1 Å². The van der Waals surface area contributed by atoms with Crippen LogP contribution in [0, 0.1) is 10.1 Å². The van der Waals surface area contributed by atoms with Crippen molar-refractivity contribution < 1.29 is 19.2 Å². The molecule has 0 aliphatic heterocycles. The molecular weight excluding hydrogens is 218 g/mol. The highest BCUT2D eigenvalue weighted by Crippen LogP contribution is 2.27. The van der Waals surface area contributed by atoms with Crippen molar-refractivity contribution in [2.45, 2.75) is 0 Å². The number of aromatic nitrogens is 1. The fourth-order valence-corrected chi connectivity index (χ4v) is 1.22. The van der Waals surface area contributed by atoms with Gasteiger partial charge in [0.1, 0.15) is 5.52 Å². The van der Waals surface area contributed by atoms with Gasteiger partial charge in [-0.2, -0.15) is 4.98 Å². The third-order valence-corrected chi connectivity index (χ3v) is 1.80. The molecule has 0 unspecified atom stereocenters. The maximum Gasteiger partial charge on any atom is 0.412 e. The lowest BCUT2D eigenvalue weighted by molar-refractivity contribution is -0.383. The molecule has 0 atom stereocenters. The number of hydrogen-bond donors (Lipinski definition) is 2. The van der Waals surface area contributed by atoms with Gasteiger partial charge >= 0.3 is 17.8 Å². The van der Waals surface area contributed by atoms with Crippen LogP contribution >= 0.6 is 0 Å². The second kappa shape index (κ2) is 3.50. The number of nitrogens with zero attached hydrogens (tertiary/aromatic N) is 2. The van der Waals surface area contributed by atoms with E-state index < -0.39 is 11.0 Å². The molecule has 2 aromatic rings. The Balaban J connectivity index is 2.56. The van der Waals surface area contributed by atoms with E-state index in [1.54, 1.807) is 0 Å². The molecule has 82 valence electrons. The van der Waals surface area contributed by atoms with Crippen molar-refractivity contribution in [3.8, 4) is 0 Å². The van der Waals surface area contributed by atoms with Gasteiger partial charge < -0.3 is 9.52 Å². The summed E-state index contributed by atoms with van der Waals surface area (Å²) >= 11 is 0. The van der Waals surface area contributed by atoms with Crippen LogP contribution in [0.1, 0.15) is 0 Å². The molecule has 8 heteroatoms. The molecule has 0 aliphatic rings. The average Bonchev–Trinajstić information content (AvgIpc) is 2.57. The minimum absolute atomic E-state index is 0.0590. The van der Waals surface area contributed by atoms with Crippen molar-refractivity contribution in [3.63, 3.8) is 0 Å². The maximum absolute atomic E-state index is 10.6. The number of nitrogens with one attached hydrogen (secondary N) is 1. The summed E-state index contributed by atoms with van der Waals surface area (Å²) < 4.78 is 4.93. The number of oxazole rings is 1. The lowest BCUT2D eigenvalue weighted by Gasteiger charge is -1.90. The predicted octanol–water partition coefficient (Wildman–Crippen LogP) is 1.83. The van der Waals surface area contributed by atoms with E-state index in [-0.39, 0.29) is 22.8 Å². The molecule has 2 rings (SSSR count). The predicted molar refractivity (Wildman–Crippen MR) is 52.3 cm³/mol. The zero-order valence-corrected chi connectivity index (χ0v) is 7.71. The first-order valence-electron chi connectivity index (χ1n) is 4.12. The Hall–Kier alpha value is -2.64. The number of benzene rings is 1. The molecular formula is C8H5N3O5. The summed E-state index contributed by atoms with van der Waals surface area (Å²) in [6.45, 7) is 0. The van der Waals surface area contributed by atoms with E-state index >= 15 is 0 Å².